The van der Waals surface area contributed by atoms with Gasteiger partial charge in [0.2, 0.25) is 5.91 Å². The minimum Gasteiger partial charge on any atom is -0.481 e. The third-order valence-corrected chi connectivity index (χ3v) is 5.22. The van der Waals surface area contributed by atoms with Crippen molar-refractivity contribution in [2.45, 2.75) is 25.6 Å². The number of thiazole rings is 1. The Bertz CT molecular complexity index is 534. The Morgan fingerprint density at radius 3 is 3.05 bits per heavy atom. The number of ether oxygens (including phenoxy) is 1. The van der Waals surface area contributed by atoms with Gasteiger partial charge in [0.1, 0.15) is 5.41 Å². The van der Waals surface area contributed by atoms with Crippen LogP contribution in [0.2, 0.25) is 0 Å². The van der Waals surface area contributed by atoms with Gasteiger partial charge in [0.15, 0.2) is 0 Å². The molecule has 1 saturated heterocycles. The lowest BCUT2D eigenvalue weighted by Crippen LogP contribution is -2.50. The predicted molar refractivity (Wildman–Crippen MR) is 81.5 cm³/mol. The Balaban J connectivity index is 1.78. The summed E-state index contributed by atoms with van der Waals surface area (Å²) in [4.78, 5) is 27.5. The Morgan fingerprint density at radius 1 is 1.67 bits per heavy atom. The van der Waals surface area contributed by atoms with Crippen molar-refractivity contribution in [2.24, 2.45) is 5.41 Å². The van der Waals surface area contributed by atoms with Gasteiger partial charge in [-0.25, -0.2) is 4.98 Å². The van der Waals surface area contributed by atoms with Crippen LogP contribution < -0.4 is 5.32 Å². The van der Waals surface area contributed by atoms with E-state index in [0.29, 0.717) is 5.75 Å². The third-order valence-electron chi connectivity index (χ3n) is 3.43. The van der Waals surface area contributed by atoms with Gasteiger partial charge in [-0.05, 0) is 13.8 Å². The summed E-state index contributed by atoms with van der Waals surface area (Å²) < 4.78 is 5.20. The zero-order chi connectivity index (χ0) is 15.5. The highest BCUT2D eigenvalue weighted by atomic mass is 32.2. The summed E-state index contributed by atoms with van der Waals surface area (Å²) in [5, 5.41) is 15.0. The predicted octanol–water partition coefficient (Wildman–Crippen LogP) is 1.29. The number of nitrogens with one attached hydrogen (secondary N) is 1. The SMILES string of the molecule is Cc1nc(CSCC(=O)NC2COCC2(C)C(=O)O)cs1. The topological polar surface area (TPSA) is 88.5 Å². The van der Waals surface area contributed by atoms with E-state index in [0.717, 1.165) is 10.7 Å². The maximum atomic E-state index is 11.9. The molecule has 1 aromatic heterocycles. The van der Waals surface area contributed by atoms with Crippen molar-refractivity contribution in [3.63, 3.8) is 0 Å². The Hall–Kier alpha value is -1.12. The number of rotatable bonds is 6. The third kappa shape index (κ3) is 3.96. The van der Waals surface area contributed by atoms with Crippen molar-refractivity contribution in [3.8, 4) is 0 Å². The monoisotopic (exact) mass is 330 g/mol. The van der Waals surface area contributed by atoms with Crippen LogP contribution in [-0.4, -0.2) is 47.0 Å². The molecule has 2 heterocycles. The first-order valence-corrected chi connectivity index (χ1v) is 8.54. The van der Waals surface area contributed by atoms with Crippen molar-refractivity contribution < 1.29 is 19.4 Å². The van der Waals surface area contributed by atoms with E-state index in [1.165, 1.54) is 11.8 Å². The van der Waals surface area contributed by atoms with E-state index in [9.17, 15) is 14.7 Å². The summed E-state index contributed by atoms with van der Waals surface area (Å²) in [6.45, 7) is 3.90. The fourth-order valence-corrected chi connectivity index (χ4v) is 3.49. The Labute approximate surface area is 131 Å². The number of aliphatic carboxylic acids is 1. The molecule has 2 atom stereocenters. The molecular formula is C13H18N2O4S2. The Morgan fingerprint density at radius 2 is 2.43 bits per heavy atom. The van der Waals surface area contributed by atoms with E-state index in [-0.39, 0.29) is 24.9 Å². The molecule has 2 rings (SSSR count). The summed E-state index contributed by atoms with van der Waals surface area (Å²) in [6.07, 6.45) is 0. The number of hydrogen-bond donors (Lipinski definition) is 2. The van der Waals surface area contributed by atoms with Crippen LogP contribution in [0.25, 0.3) is 0 Å². The van der Waals surface area contributed by atoms with Crippen LogP contribution in [0.1, 0.15) is 17.6 Å². The normalized spacial score (nSPS) is 25.0. The standard InChI is InChI=1S/C13H18N2O4S2/c1-8-14-9(5-21-8)4-20-6-11(16)15-10-3-19-7-13(10,2)12(17)18/h5,10H,3-4,6-7H2,1-2H3,(H,15,16)(H,17,18). The number of thioether (sulfide) groups is 1. The zero-order valence-corrected chi connectivity index (χ0v) is 13.6. The van der Waals surface area contributed by atoms with Gasteiger partial charge in [0, 0.05) is 11.1 Å². The molecule has 0 saturated carbocycles. The van der Waals surface area contributed by atoms with Crippen molar-refractivity contribution >= 4 is 35.0 Å². The van der Waals surface area contributed by atoms with Gasteiger partial charge < -0.3 is 15.2 Å². The number of carboxylic acid groups (broad SMARTS) is 1. The van der Waals surface area contributed by atoms with Crippen LogP contribution in [-0.2, 0) is 20.1 Å². The van der Waals surface area contributed by atoms with Gasteiger partial charge in [0.25, 0.3) is 0 Å². The van der Waals surface area contributed by atoms with Crippen LogP contribution in [0.3, 0.4) is 0 Å². The van der Waals surface area contributed by atoms with Crippen molar-refractivity contribution in [2.75, 3.05) is 19.0 Å². The molecule has 1 amide bonds. The van der Waals surface area contributed by atoms with Crippen molar-refractivity contribution in [3.05, 3.63) is 16.1 Å². The number of carbonyl (C=O) groups is 2. The molecule has 1 aliphatic heterocycles. The van der Waals surface area contributed by atoms with E-state index in [4.69, 9.17) is 4.74 Å². The van der Waals surface area contributed by atoms with Crippen molar-refractivity contribution in [1.29, 1.82) is 0 Å². The highest BCUT2D eigenvalue weighted by Crippen LogP contribution is 2.28. The fraction of sp³-hybridized carbons (Fsp3) is 0.615. The number of aryl methyl sites for hydroxylation is 1. The highest BCUT2D eigenvalue weighted by Gasteiger charge is 2.47. The smallest absolute Gasteiger partial charge is 0.313 e. The highest BCUT2D eigenvalue weighted by molar-refractivity contribution is 7.99. The first kappa shape index (κ1) is 16.3. The first-order valence-electron chi connectivity index (χ1n) is 6.51. The second-order valence-corrected chi connectivity index (χ2v) is 7.26. The average Bonchev–Trinajstić information content (AvgIpc) is 2.98. The van der Waals surface area contributed by atoms with Gasteiger partial charge in [-0.2, -0.15) is 0 Å². The summed E-state index contributed by atoms with van der Waals surface area (Å²) in [6, 6.07) is -0.482. The summed E-state index contributed by atoms with van der Waals surface area (Å²) in [5.41, 5.74) is -0.0818. The molecule has 0 aromatic carbocycles. The zero-order valence-electron chi connectivity index (χ0n) is 11.9. The molecule has 2 unspecified atom stereocenters. The number of hydrogen-bond acceptors (Lipinski definition) is 6. The molecule has 21 heavy (non-hydrogen) atoms. The molecule has 0 bridgehead atoms. The van der Waals surface area contributed by atoms with Crippen LogP contribution in [0.5, 0.6) is 0 Å². The van der Waals surface area contributed by atoms with Gasteiger partial charge in [0.05, 0.1) is 35.7 Å². The van der Waals surface area contributed by atoms with E-state index >= 15 is 0 Å². The lowest BCUT2D eigenvalue weighted by atomic mass is 9.85. The second-order valence-electron chi connectivity index (χ2n) is 5.21. The quantitative estimate of drug-likeness (QED) is 0.817. The van der Waals surface area contributed by atoms with E-state index in [2.05, 4.69) is 10.3 Å². The molecule has 0 aliphatic carbocycles. The average molecular weight is 330 g/mol. The lowest BCUT2D eigenvalue weighted by molar-refractivity contribution is -0.148. The van der Waals surface area contributed by atoms with E-state index < -0.39 is 17.4 Å². The van der Waals surface area contributed by atoms with Gasteiger partial charge >= 0.3 is 5.97 Å². The molecular weight excluding hydrogens is 312 g/mol. The van der Waals surface area contributed by atoms with Gasteiger partial charge in [-0.1, -0.05) is 0 Å². The lowest BCUT2D eigenvalue weighted by Gasteiger charge is -2.25. The van der Waals surface area contributed by atoms with Gasteiger partial charge in [-0.3, -0.25) is 9.59 Å². The molecule has 0 radical (unpaired) electrons. The summed E-state index contributed by atoms with van der Waals surface area (Å²) in [7, 11) is 0. The van der Waals surface area contributed by atoms with E-state index in [1.807, 2.05) is 12.3 Å². The van der Waals surface area contributed by atoms with Crippen LogP contribution in [0.15, 0.2) is 5.38 Å². The molecule has 8 heteroatoms. The summed E-state index contributed by atoms with van der Waals surface area (Å²) >= 11 is 3.05. The van der Waals surface area contributed by atoms with Crippen LogP contribution >= 0.6 is 23.1 Å². The van der Waals surface area contributed by atoms with Crippen LogP contribution in [0.4, 0.5) is 0 Å². The number of carboxylic acids is 1. The fourth-order valence-electron chi connectivity index (χ4n) is 2.04. The molecule has 0 spiro atoms. The van der Waals surface area contributed by atoms with Crippen molar-refractivity contribution in [1.82, 2.24) is 10.3 Å². The molecule has 2 N–H and O–H groups in total. The molecule has 1 aliphatic rings. The number of aromatic nitrogens is 1. The summed E-state index contributed by atoms with van der Waals surface area (Å²) in [5.74, 6) is -0.163. The van der Waals surface area contributed by atoms with E-state index in [1.54, 1.807) is 18.3 Å². The maximum Gasteiger partial charge on any atom is 0.313 e. The number of nitrogens with zero attached hydrogens (tertiary/aromatic N) is 1. The largest absolute Gasteiger partial charge is 0.481 e. The molecule has 1 fully saturated rings. The molecule has 116 valence electrons. The first-order chi connectivity index (χ1) is 9.91. The number of amides is 1. The maximum absolute atomic E-state index is 11.9. The number of carbonyl (C=O) groups excluding carboxylic acids is 1. The molecule has 1 aromatic rings. The Kier molecular flexibility index (Phi) is 5.23. The minimum absolute atomic E-state index is 0.124. The van der Waals surface area contributed by atoms with Crippen LogP contribution in [0, 0.1) is 12.3 Å². The second kappa shape index (κ2) is 6.76. The van der Waals surface area contributed by atoms with Gasteiger partial charge in [-0.15, -0.1) is 23.1 Å². The minimum atomic E-state index is -1.05. The molecule has 6 nitrogen and oxygen atoms in total.